The molecule has 2 aromatic rings. The number of hydrogen-bond acceptors (Lipinski definition) is 3. The van der Waals surface area contributed by atoms with Gasteiger partial charge in [0.1, 0.15) is 11.8 Å². The Balaban J connectivity index is 2.34. The summed E-state index contributed by atoms with van der Waals surface area (Å²) in [5.41, 5.74) is 1.74. The van der Waals surface area contributed by atoms with E-state index in [-0.39, 0.29) is 5.75 Å². The SMILES string of the molecule is Cc1ccc(Sc2cccc(O)c2)c(C#N)c1. The Morgan fingerprint density at radius 3 is 2.71 bits per heavy atom. The molecule has 0 atom stereocenters. The normalized spacial score (nSPS) is 9.88. The van der Waals surface area contributed by atoms with Crippen LogP contribution < -0.4 is 0 Å². The molecule has 0 bridgehead atoms. The molecule has 0 aromatic heterocycles. The minimum atomic E-state index is 0.237. The molecule has 3 heteroatoms. The van der Waals surface area contributed by atoms with Crippen LogP contribution in [0.5, 0.6) is 5.75 Å². The molecule has 0 fully saturated rings. The molecule has 84 valence electrons. The van der Waals surface area contributed by atoms with Crippen molar-refractivity contribution in [3.63, 3.8) is 0 Å². The van der Waals surface area contributed by atoms with Crippen molar-refractivity contribution < 1.29 is 5.11 Å². The topological polar surface area (TPSA) is 44.0 Å². The van der Waals surface area contributed by atoms with Crippen molar-refractivity contribution in [3.05, 3.63) is 53.6 Å². The van der Waals surface area contributed by atoms with Crippen LogP contribution in [-0.4, -0.2) is 5.11 Å². The lowest BCUT2D eigenvalue weighted by Gasteiger charge is -2.05. The van der Waals surface area contributed by atoms with Gasteiger partial charge in [0.2, 0.25) is 0 Å². The van der Waals surface area contributed by atoms with Crippen molar-refractivity contribution in [2.24, 2.45) is 0 Å². The Morgan fingerprint density at radius 2 is 2.00 bits per heavy atom. The highest BCUT2D eigenvalue weighted by molar-refractivity contribution is 7.99. The van der Waals surface area contributed by atoms with E-state index in [1.54, 1.807) is 18.2 Å². The molecule has 0 heterocycles. The summed E-state index contributed by atoms with van der Waals surface area (Å²) in [5, 5.41) is 18.4. The Kier molecular flexibility index (Phi) is 3.36. The number of nitrogens with zero attached hydrogens (tertiary/aromatic N) is 1. The summed E-state index contributed by atoms with van der Waals surface area (Å²) in [6, 6.07) is 15.0. The smallest absolute Gasteiger partial charge is 0.116 e. The minimum absolute atomic E-state index is 0.237. The second-order valence-electron chi connectivity index (χ2n) is 3.71. The van der Waals surface area contributed by atoms with Crippen LogP contribution in [0.3, 0.4) is 0 Å². The number of aryl methyl sites for hydroxylation is 1. The molecular formula is C14H11NOS. The maximum absolute atomic E-state index is 9.38. The molecule has 0 amide bonds. The molecular weight excluding hydrogens is 230 g/mol. The quantitative estimate of drug-likeness (QED) is 0.871. The predicted molar refractivity (Wildman–Crippen MR) is 68.1 cm³/mol. The highest BCUT2D eigenvalue weighted by Gasteiger charge is 2.04. The molecule has 0 aliphatic carbocycles. The van der Waals surface area contributed by atoms with E-state index in [2.05, 4.69) is 6.07 Å². The number of hydrogen-bond donors (Lipinski definition) is 1. The Bertz CT molecular complexity index is 587. The first-order valence-corrected chi connectivity index (χ1v) is 5.98. The third kappa shape index (κ3) is 2.80. The van der Waals surface area contributed by atoms with E-state index in [1.807, 2.05) is 31.2 Å². The second kappa shape index (κ2) is 4.94. The summed E-state index contributed by atoms with van der Waals surface area (Å²) in [5.74, 6) is 0.237. The molecule has 2 aromatic carbocycles. The van der Waals surface area contributed by atoms with Crippen LogP contribution >= 0.6 is 11.8 Å². The number of aromatic hydroxyl groups is 1. The zero-order valence-corrected chi connectivity index (χ0v) is 10.2. The summed E-state index contributed by atoms with van der Waals surface area (Å²) in [7, 11) is 0. The third-order valence-electron chi connectivity index (χ3n) is 2.30. The Hall–Kier alpha value is -1.92. The molecule has 1 N–H and O–H groups in total. The molecule has 0 unspecified atom stereocenters. The summed E-state index contributed by atoms with van der Waals surface area (Å²) >= 11 is 1.48. The number of phenolic OH excluding ortho intramolecular Hbond substituents is 1. The van der Waals surface area contributed by atoms with Gasteiger partial charge in [-0.05, 0) is 42.8 Å². The first-order valence-electron chi connectivity index (χ1n) is 5.16. The van der Waals surface area contributed by atoms with E-state index in [9.17, 15) is 5.11 Å². The monoisotopic (exact) mass is 241 g/mol. The fourth-order valence-corrected chi connectivity index (χ4v) is 2.42. The summed E-state index contributed by atoms with van der Waals surface area (Å²) in [6.07, 6.45) is 0. The van der Waals surface area contributed by atoms with Crippen LogP contribution in [0.1, 0.15) is 11.1 Å². The second-order valence-corrected chi connectivity index (χ2v) is 4.83. The lowest BCUT2D eigenvalue weighted by Crippen LogP contribution is -1.83. The molecule has 2 rings (SSSR count). The fraction of sp³-hybridized carbons (Fsp3) is 0.0714. The van der Waals surface area contributed by atoms with Gasteiger partial charge in [0.15, 0.2) is 0 Å². The van der Waals surface area contributed by atoms with Crippen LogP contribution in [0.25, 0.3) is 0 Å². The molecule has 0 aliphatic rings. The lowest BCUT2D eigenvalue weighted by molar-refractivity contribution is 0.474. The van der Waals surface area contributed by atoms with E-state index in [1.165, 1.54) is 11.8 Å². The minimum Gasteiger partial charge on any atom is -0.508 e. The van der Waals surface area contributed by atoms with Crippen molar-refractivity contribution in [2.45, 2.75) is 16.7 Å². The van der Waals surface area contributed by atoms with E-state index in [0.29, 0.717) is 5.56 Å². The van der Waals surface area contributed by atoms with Gasteiger partial charge >= 0.3 is 0 Å². The molecule has 2 nitrogen and oxygen atoms in total. The van der Waals surface area contributed by atoms with Gasteiger partial charge in [0, 0.05) is 9.79 Å². The van der Waals surface area contributed by atoms with Gasteiger partial charge in [-0.15, -0.1) is 0 Å². The standard InChI is InChI=1S/C14H11NOS/c1-10-5-6-14(11(7-10)9-15)17-13-4-2-3-12(16)8-13/h2-8,16H,1H3. The van der Waals surface area contributed by atoms with Gasteiger partial charge in [-0.2, -0.15) is 5.26 Å². The van der Waals surface area contributed by atoms with Crippen molar-refractivity contribution >= 4 is 11.8 Å². The molecule has 0 saturated heterocycles. The predicted octanol–water partition coefficient (Wildman–Crippen LogP) is 3.72. The van der Waals surface area contributed by atoms with Crippen LogP contribution in [-0.2, 0) is 0 Å². The van der Waals surface area contributed by atoms with Crippen molar-refractivity contribution in [1.82, 2.24) is 0 Å². The molecule has 0 radical (unpaired) electrons. The van der Waals surface area contributed by atoms with Crippen molar-refractivity contribution in [3.8, 4) is 11.8 Å². The number of benzene rings is 2. The number of nitriles is 1. The van der Waals surface area contributed by atoms with Gasteiger partial charge in [0.25, 0.3) is 0 Å². The van der Waals surface area contributed by atoms with E-state index in [4.69, 9.17) is 5.26 Å². The first kappa shape index (κ1) is 11.6. The van der Waals surface area contributed by atoms with E-state index < -0.39 is 0 Å². The van der Waals surface area contributed by atoms with Gasteiger partial charge in [-0.25, -0.2) is 0 Å². The first-order chi connectivity index (χ1) is 8.19. The van der Waals surface area contributed by atoms with Crippen LogP contribution in [0.15, 0.2) is 52.3 Å². The Labute approximate surface area is 105 Å². The van der Waals surface area contributed by atoms with E-state index in [0.717, 1.165) is 15.4 Å². The van der Waals surface area contributed by atoms with E-state index >= 15 is 0 Å². The zero-order chi connectivity index (χ0) is 12.3. The average Bonchev–Trinajstić information content (AvgIpc) is 2.31. The van der Waals surface area contributed by atoms with Crippen molar-refractivity contribution in [1.29, 1.82) is 5.26 Å². The van der Waals surface area contributed by atoms with Gasteiger partial charge in [-0.3, -0.25) is 0 Å². The Morgan fingerprint density at radius 1 is 1.18 bits per heavy atom. The molecule has 17 heavy (non-hydrogen) atoms. The summed E-state index contributed by atoms with van der Waals surface area (Å²) in [6.45, 7) is 1.96. The largest absolute Gasteiger partial charge is 0.508 e. The van der Waals surface area contributed by atoms with Crippen LogP contribution in [0.4, 0.5) is 0 Å². The highest BCUT2D eigenvalue weighted by atomic mass is 32.2. The van der Waals surface area contributed by atoms with Crippen molar-refractivity contribution in [2.75, 3.05) is 0 Å². The van der Waals surface area contributed by atoms with Gasteiger partial charge < -0.3 is 5.11 Å². The average molecular weight is 241 g/mol. The number of phenols is 1. The van der Waals surface area contributed by atoms with Gasteiger partial charge in [-0.1, -0.05) is 23.9 Å². The lowest BCUT2D eigenvalue weighted by atomic mass is 10.2. The van der Waals surface area contributed by atoms with Crippen LogP contribution in [0, 0.1) is 18.3 Å². The number of rotatable bonds is 2. The molecule has 0 saturated carbocycles. The molecule has 0 aliphatic heterocycles. The fourth-order valence-electron chi connectivity index (χ4n) is 1.49. The maximum atomic E-state index is 9.38. The molecule has 0 spiro atoms. The van der Waals surface area contributed by atoms with Gasteiger partial charge in [0.05, 0.1) is 5.56 Å². The maximum Gasteiger partial charge on any atom is 0.116 e. The summed E-state index contributed by atoms with van der Waals surface area (Å²) in [4.78, 5) is 1.83. The zero-order valence-electron chi connectivity index (χ0n) is 9.34. The van der Waals surface area contributed by atoms with Crippen LogP contribution in [0.2, 0.25) is 0 Å². The highest BCUT2D eigenvalue weighted by Crippen LogP contribution is 2.32. The summed E-state index contributed by atoms with van der Waals surface area (Å²) < 4.78 is 0. The third-order valence-corrected chi connectivity index (χ3v) is 3.37.